The van der Waals surface area contributed by atoms with Gasteiger partial charge in [-0.1, -0.05) is 20.8 Å². The van der Waals surface area contributed by atoms with Crippen molar-refractivity contribution in [2.75, 3.05) is 11.9 Å². The molecule has 3 aromatic rings. The first kappa shape index (κ1) is 24.3. The highest BCUT2D eigenvalue weighted by Gasteiger charge is 2.39. The van der Waals surface area contributed by atoms with Gasteiger partial charge in [0.1, 0.15) is 11.4 Å². The number of amides is 1. The number of carbonyl (C=O) groups is 1. The molecule has 1 amide bonds. The number of pyridine rings is 1. The van der Waals surface area contributed by atoms with Gasteiger partial charge in [-0.15, -0.1) is 11.3 Å². The third kappa shape index (κ3) is 5.32. The highest BCUT2D eigenvalue weighted by molar-refractivity contribution is 7.22. The first-order valence-corrected chi connectivity index (χ1v) is 14.5. The molecule has 0 spiro atoms. The van der Waals surface area contributed by atoms with E-state index in [1.54, 1.807) is 35.7 Å². The van der Waals surface area contributed by atoms with E-state index in [0.717, 1.165) is 32.0 Å². The van der Waals surface area contributed by atoms with Crippen LogP contribution in [-0.2, 0) is 4.74 Å². The van der Waals surface area contributed by atoms with Crippen LogP contribution >= 0.6 is 11.3 Å². The number of aromatic nitrogens is 1. The lowest BCUT2D eigenvalue weighted by Crippen LogP contribution is -2.43. The normalized spacial score (nSPS) is 12.7. The lowest BCUT2D eigenvalue weighted by Gasteiger charge is -2.36. The largest absolute Gasteiger partial charge is 0.543 e. The van der Waals surface area contributed by atoms with Crippen LogP contribution in [0.1, 0.15) is 41.5 Å². The number of benzene rings is 1. The van der Waals surface area contributed by atoms with E-state index < -0.39 is 20.0 Å². The third-order valence-corrected chi connectivity index (χ3v) is 11.3. The lowest BCUT2D eigenvalue weighted by molar-refractivity contribution is 0.0589. The molecule has 0 atom stereocenters. The Labute approximate surface area is 196 Å². The van der Waals surface area contributed by atoms with E-state index in [1.807, 2.05) is 26.8 Å². The summed E-state index contributed by atoms with van der Waals surface area (Å²) in [6, 6.07) is 10.3. The maximum absolute atomic E-state index is 12.6. The fourth-order valence-corrected chi connectivity index (χ4v) is 5.09. The van der Waals surface area contributed by atoms with Crippen LogP contribution in [0.2, 0.25) is 18.1 Å². The molecule has 0 fully saturated rings. The Bertz CT molecular complexity index is 1130. The highest BCUT2D eigenvalue weighted by Crippen LogP contribution is 2.41. The smallest absolute Gasteiger partial charge is 0.414 e. The number of nitrogens with zero attached hydrogens (tertiary/aromatic N) is 2. The molecular weight excluding hydrogens is 436 g/mol. The van der Waals surface area contributed by atoms with Gasteiger partial charge in [0, 0.05) is 34.6 Å². The van der Waals surface area contributed by atoms with Gasteiger partial charge in [-0.3, -0.25) is 9.88 Å². The van der Waals surface area contributed by atoms with Gasteiger partial charge in [0.15, 0.2) is 0 Å². The molecule has 0 radical (unpaired) electrons. The Morgan fingerprint density at radius 3 is 2.38 bits per heavy atom. The minimum atomic E-state index is -1.91. The summed E-state index contributed by atoms with van der Waals surface area (Å²) >= 11 is 1.67. The summed E-state index contributed by atoms with van der Waals surface area (Å²) in [7, 11) is -0.182. The molecule has 0 saturated heterocycles. The zero-order valence-electron chi connectivity index (χ0n) is 20.6. The zero-order valence-corrected chi connectivity index (χ0v) is 22.4. The van der Waals surface area contributed by atoms with Crippen LogP contribution in [0.4, 0.5) is 10.5 Å². The van der Waals surface area contributed by atoms with Crippen molar-refractivity contribution >= 4 is 41.5 Å². The van der Waals surface area contributed by atoms with E-state index >= 15 is 0 Å². The molecule has 32 heavy (non-hydrogen) atoms. The fourth-order valence-electron chi connectivity index (χ4n) is 2.95. The van der Waals surface area contributed by atoms with Crippen molar-refractivity contribution in [1.29, 1.82) is 0 Å². The summed E-state index contributed by atoms with van der Waals surface area (Å²) in [4.78, 5) is 19.5. The van der Waals surface area contributed by atoms with Crippen molar-refractivity contribution in [3.05, 3.63) is 42.7 Å². The Morgan fingerprint density at radius 1 is 1.06 bits per heavy atom. The summed E-state index contributed by atoms with van der Waals surface area (Å²) in [6.07, 6.45) is 3.10. The van der Waals surface area contributed by atoms with Crippen LogP contribution in [-0.4, -0.2) is 32.0 Å². The molecule has 1 aromatic carbocycles. The van der Waals surface area contributed by atoms with E-state index in [4.69, 9.17) is 9.16 Å². The molecule has 172 valence electrons. The molecule has 3 rings (SSSR count). The monoisotopic (exact) mass is 470 g/mol. The Morgan fingerprint density at radius 2 is 1.75 bits per heavy atom. The molecule has 0 bridgehead atoms. The minimum absolute atomic E-state index is 0.138. The number of fused-ring (bicyclic) bond motifs is 1. The molecule has 0 aliphatic carbocycles. The van der Waals surface area contributed by atoms with E-state index in [1.165, 1.54) is 0 Å². The van der Waals surface area contributed by atoms with Gasteiger partial charge in [-0.25, -0.2) is 4.79 Å². The number of anilines is 1. The summed E-state index contributed by atoms with van der Waals surface area (Å²) in [5, 5.41) is 1.28. The summed E-state index contributed by atoms with van der Waals surface area (Å²) in [6.45, 7) is 16.8. The van der Waals surface area contributed by atoms with Crippen LogP contribution in [0.3, 0.4) is 0 Å². The second-order valence-electron chi connectivity index (χ2n) is 10.6. The molecule has 0 N–H and O–H groups in total. The van der Waals surface area contributed by atoms with Gasteiger partial charge in [0.2, 0.25) is 8.32 Å². The van der Waals surface area contributed by atoms with Crippen molar-refractivity contribution in [3.63, 3.8) is 0 Å². The van der Waals surface area contributed by atoms with Crippen molar-refractivity contribution in [2.24, 2.45) is 0 Å². The number of hydrogen-bond acceptors (Lipinski definition) is 5. The van der Waals surface area contributed by atoms with Gasteiger partial charge < -0.3 is 9.16 Å². The molecule has 2 heterocycles. The topological polar surface area (TPSA) is 51.7 Å². The molecule has 0 aliphatic heterocycles. The van der Waals surface area contributed by atoms with Crippen molar-refractivity contribution < 1.29 is 14.0 Å². The van der Waals surface area contributed by atoms with Gasteiger partial charge in [-0.2, -0.15) is 0 Å². The highest BCUT2D eigenvalue weighted by atomic mass is 32.1. The fraction of sp³-hybridized carbons (Fsp3) is 0.440. The van der Waals surface area contributed by atoms with Crippen molar-refractivity contribution in [1.82, 2.24) is 4.98 Å². The average Bonchev–Trinajstić information content (AvgIpc) is 3.08. The van der Waals surface area contributed by atoms with E-state index in [-0.39, 0.29) is 5.04 Å². The second kappa shape index (κ2) is 8.52. The predicted molar refractivity (Wildman–Crippen MR) is 138 cm³/mol. The molecule has 7 heteroatoms. The van der Waals surface area contributed by atoms with Crippen molar-refractivity contribution in [2.45, 2.75) is 65.3 Å². The molecule has 5 nitrogen and oxygen atoms in total. The Balaban J connectivity index is 1.95. The first-order chi connectivity index (χ1) is 14.7. The minimum Gasteiger partial charge on any atom is -0.543 e. The predicted octanol–water partition coefficient (Wildman–Crippen LogP) is 7.72. The quantitative estimate of drug-likeness (QED) is 0.366. The average molecular weight is 471 g/mol. The third-order valence-electron chi connectivity index (χ3n) is 5.76. The number of carbonyl (C=O) groups excluding carboxylic acids is 1. The van der Waals surface area contributed by atoms with Gasteiger partial charge in [0.05, 0.1) is 5.69 Å². The van der Waals surface area contributed by atoms with E-state index in [0.29, 0.717) is 0 Å². The van der Waals surface area contributed by atoms with Gasteiger partial charge >= 0.3 is 6.09 Å². The van der Waals surface area contributed by atoms with Crippen LogP contribution in [0.25, 0.3) is 20.5 Å². The molecule has 0 aliphatic rings. The maximum atomic E-state index is 12.6. The van der Waals surface area contributed by atoms with E-state index in [2.05, 4.69) is 63.1 Å². The standard InChI is InChI=1S/C25H34N2O3SSi/c1-24(2,3)29-23(28)27(7)20-12-13-26-16-19(20)22-14-17-10-11-18(15-21(17)31-22)30-32(8,9)25(4,5)6/h10-16H,1-9H3. The Kier molecular flexibility index (Phi) is 6.46. The van der Waals surface area contributed by atoms with E-state index in [9.17, 15) is 4.79 Å². The van der Waals surface area contributed by atoms with Crippen LogP contribution < -0.4 is 9.33 Å². The van der Waals surface area contributed by atoms with Crippen LogP contribution in [0, 0.1) is 0 Å². The molecule has 0 unspecified atom stereocenters. The second-order valence-corrected chi connectivity index (χ2v) is 16.4. The van der Waals surface area contributed by atoms with Gasteiger partial charge in [-0.05, 0) is 74.6 Å². The van der Waals surface area contributed by atoms with Crippen LogP contribution in [0.15, 0.2) is 42.7 Å². The molecule has 2 aromatic heterocycles. The zero-order chi connectivity index (χ0) is 23.9. The SMILES string of the molecule is CN(C(=O)OC(C)(C)C)c1ccncc1-c1cc2ccc(O[Si](C)(C)C(C)(C)C)cc2s1. The Hall–Kier alpha value is -2.38. The lowest BCUT2D eigenvalue weighted by atomic mass is 10.1. The maximum Gasteiger partial charge on any atom is 0.414 e. The summed E-state index contributed by atoms with van der Waals surface area (Å²) in [5.41, 5.74) is 1.10. The number of ether oxygens (including phenoxy) is 1. The number of rotatable bonds is 4. The number of hydrogen-bond donors (Lipinski definition) is 0. The number of thiophene rings is 1. The summed E-state index contributed by atoms with van der Waals surface area (Å²) in [5.74, 6) is 0.912. The van der Waals surface area contributed by atoms with Crippen molar-refractivity contribution in [3.8, 4) is 16.2 Å². The molecular formula is C25H34N2O3SSi. The molecule has 0 saturated carbocycles. The first-order valence-electron chi connectivity index (χ1n) is 10.8. The van der Waals surface area contributed by atoms with Gasteiger partial charge in [0.25, 0.3) is 0 Å². The van der Waals surface area contributed by atoms with Crippen LogP contribution in [0.5, 0.6) is 5.75 Å². The summed E-state index contributed by atoms with van der Waals surface area (Å²) < 4.78 is 13.2.